The van der Waals surface area contributed by atoms with Crippen molar-refractivity contribution in [1.82, 2.24) is 9.88 Å². The van der Waals surface area contributed by atoms with Gasteiger partial charge in [-0.25, -0.2) is 8.78 Å². The lowest BCUT2D eigenvalue weighted by Gasteiger charge is -2.37. The molecular weight excluding hydrogens is 338 g/mol. The maximum Gasteiger partial charge on any atom is 0.255 e. The summed E-state index contributed by atoms with van der Waals surface area (Å²) in [6.07, 6.45) is 5.54. The number of ether oxygens (including phenoxy) is 1. The second kappa shape index (κ2) is 7.27. The number of carbonyl (C=O) groups is 1. The molecule has 0 saturated carbocycles. The van der Waals surface area contributed by atoms with Crippen LogP contribution in [0.3, 0.4) is 0 Å². The van der Waals surface area contributed by atoms with Crippen LogP contribution >= 0.6 is 0 Å². The largest absolute Gasteiger partial charge is 0.381 e. The van der Waals surface area contributed by atoms with Crippen molar-refractivity contribution in [2.45, 2.75) is 25.7 Å². The molecule has 0 bridgehead atoms. The number of nitrogens with zero attached hydrogens (tertiary/aromatic N) is 2. The van der Waals surface area contributed by atoms with Crippen LogP contribution in [0.1, 0.15) is 36.0 Å². The zero-order valence-corrected chi connectivity index (χ0v) is 14.6. The van der Waals surface area contributed by atoms with E-state index in [4.69, 9.17) is 4.74 Å². The molecule has 0 unspecified atom stereocenters. The van der Waals surface area contributed by atoms with Crippen LogP contribution in [0, 0.1) is 23.5 Å². The van der Waals surface area contributed by atoms with Crippen molar-refractivity contribution in [1.29, 1.82) is 0 Å². The zero-order chi connectivity index (χ0) is 18.1. The Morgan fingerprint density at radius 3 is 2.42 bits per heavy atom. The Balaban J connectivity index is 1.46. The molecule has 2 aliphatic rings. The van der Waals surface area contributed by atoms with Crippen LogP contribution in [-0.2, 0) is 4.74 Å². The minimum absolute atomic E-state index is 0.0419. The number of amides is 1. The van der Waals surface area contributed by atoms with E-state index in [-0.39, 0.29) is 16.8 Å². The topological polar surface area (TPSA) is 42.4 Å². The highest BCUT2D eigenvalue weighted by Crippen LogP contribution is 2.32. The summed E-state index contributed by atoms with van der Waals surface area (Å²) in [5.74, 6) is 0.0255. The lowest BCUT2D eigenvalue weighted by Crippen LogP contribution is -2.41. The predicted molar refractivity (Wildman–Crippen MR) is 93.8 cm³/mol. The normalized spacial score (nSPS) is 19.8. The van der Waals surface area contributed by atoms with Crippen LogP contribution in [-0.4, -0.2) is 42.1 Å². The molecule has 1 aromatic carbocycles. The first-order valence-electron chi connectivity index (χ1n) is 9.24. The minimum atomic E-state index is -0.585. The monoisotopic (exact) mass is 360 g/mol. The number of pyridine rings is 1. The molecule has 0 radical (unpaired) electrons. The molecule has 2 fully saturated rings. The highest BCUT2D eigenvalue weighted by molar-refractivity contribution is 5.97. The Morgan fingerprint density at radius 1 is 1.04 bits per heavy atom. The van der Waals surface area contributed by atoms with E-state index in [0.29, 0.717) is 30.5 Å². The van der Waals surface area contributed by atoms with Crippen molar-refractivity contribution in [3.63, 3.8) is 0 Å². The summed E-state index contributed by atoms with van der Waals surface area (Å²) in [6.45, 7) is 3.08. The number of aromatic nitrogens is 1. The fraction of sp³-hybridized carbons (Fsp3) is 0.500. The van der Waals surface area contributed by atoms with E-state index in [9.17, 15) is 13.6 Å². The second-order valence-corrected chi connectivity index (χ2v) is 7.23. The van der Waals surface area contributed by atoms with Gasteiger partial charge in [0.15, 0.2) is 0 Å². The first kappa shape index (κ1) is 17.3. The summed E-state index contributed by atoms with van der Waals surface area (Å²) in [7, 11) is 0. The van der Waals surface area contributed by atoms with Gasteiger partial charge in [0.05, 0.1) is 5.56 Å². The van der Waals surface area contributed by atoms with Crippen LogP contribution in [0.15, 0.2) is 24.4 Å². The van der Waals surface area contributed by atoms with Crippen molar-refractivity contribution in [2.24, 2.45) is 11.8 Å². The molecule has 2 aromatic rings. The van der Waals surface area contributed by atoms with Crippen LogP contribution in [0.5, 0.6) is 0 Å². The van der Waals surface area contributed by atoms with Gasteiger partial charge in [-0.2, -0.15) is 0 Å². The smallest absolute Gasteiger partial charge is 0.255 e. The Labute approximate surface area is 151 Å². The Morgan fingerprint density at radius 2 is 1.69 bits per heavy atom. The first-order valence-corrected chi connectivity index (χ1v) is 9.24. The summed E-state index contributed by atoms with van der Waals surface area (Å²) >= 11 is 0. The van der Waals surface area contributed by atoms with Crippen LogP contribution in [0.2, 0.25) is 0 Å². The molecule has 138 valence electrons. The Kier molecular flexibility index (Phi) is 4.85. The molecule has 6 heteroatoms. The Bertz CT molecular complexity index is 813. The van der Waals surface area contributed by atoms with Gasteiger partial charge in [-0.05, 0) is 55.7 Å². The fourth-order valence-electron chi connectivity index (χ4n) is 4.21. The Hall–Kier alpha value is -2.08. The number of likely N-dealkylation sites (tertiary alicyclic amines) is 1. The summed E-state index contributed by atoms with van der Waals surface area (Å²) in [5.41, 5.74) is 0.270. The molecule has 3 heterocycles. The van der Waals surface area contributed by atoms with E-state index in [1.54, 1.807) is 4.90 Å². The molecular formula is C20H22F2N2O2. The summed E-state index contributed by atoms with van der Waals surface area (Å²) < 4.78 is 33.1. The van der Waals surface area contributed by atoms with Crippen LogP contribution in [0.25, 0.3) is 10.9 Å². The fourth-order valence-corrected chi connectivity index (χ4v) is 4.21. The lowest BCUT2D eigenvalue weighted by atomic mass is 9.80. The van der Waals surface area contributed by atoms with Gasteiger partial charge >= 0.3 is 0 Å². The minimum Gasteiger partial charge on any atom is -0.381 e. The van der Waals surface area contributed by atoms with E-state index < -0.39 is 11.6 Å². The molecule has 4 rings (SSSR count). The second-order valence-electron chi connectivity index (χ2n) is 7.23. The molecule has 0 atom stereocenters. The zero-order valence-electron chi connectivity index (χ0n) is 14.6. The SMILES string of the molecule is O=C(c1cnc2c(F)ccc(F)c2c1)N1CCC(C2CCOCC2)CC1. The number of hydrogen-bond donors (Lipinski definition) is 0. The van der Waals surface area contributed by atoms with Gasteiger partial charge in [0.2, 0.25) is 0 Å². The van der Waals surface area contributed by atoms with Gasteiger partial charge in [-0.1, -0.05) is 0 Å². The number of rotatable bonds is 2. The maximum absolute atomic E-state index is 14.0. The van der Waals surface area contributed by atoms with E-state index >= 15 is 0 Å². The predicted octanol–water partition coefficient (Wildman–Crippen LogP) is 3.79. The molecule has 2 aliphatic heterocycles. The molecule has 4 nitrogen and oxygen atoms in total. The maximum atomic E-state index is 14.0. The van der Waals surface area contributed by atoms with Crippen molar-refractivity contribution < 1.29 is 18.3 Å². The van der Waals surface area contributed by atoms with E-state index in [1.165, 1.54) is 12.3 Å². The number of fused-ring (bicyclic) bond motifs is 1. The van der Waals surface area contributed by atoms with Gasteiger partial charge < -0.3 is 9.64 Å². The van der Waals surface area contributed by atoms with E-state index in [1.807, 2.05) is 0 Å². The standard InChI is InChI=1S/C20H22F2N2O2/c21-17-1-2-18(22)19-16(17)11-15(12-23-19)20(25)24-7-3-13(4-8-24)14-5-9-26-10-6-14/h1-2,11-14H,3-10H2. The number of carbonyl (C=O) groups excluding carboxylic acids is 1. The quantitative estimate of drug-likeness (QED) is 0.818. The summed E-state index contributed by atoms with van der Waals surface area (Å²) in [5, 5.41) is 0.0490. The number of benzene rings is 1. The molecule has 26 heavy (non-hydrogen) atoms. The third-order valence-corrected chi connectivity index (χ3v) is 5.75. The lowest BCUT2D eigenvalue weighted by molar-refractivity contribution is 0.0288. The van der Waals surface area contributed by atoms with Crippen molar-refractivity contribution in [3.05, 3.63) is 41.6 Å². The van der Waals surface area contributed by atoms with E-state index in [2.05, 4.69) is 4.98 Å². The highest BCUT2D eigenvalue weighted by Gasteiger charge is 2.30. The van der Waals surface area contributed by atoms with Gasteiger partial charge in [-0.15, -0.1) is 0 Å². The van der Waals surface area contributed by atoms with E-state index in [0.717, 1.165) is 51.0 Å². The average Bonchev–Trinajstić information content (AvgIpc) is 2.71. The number of hydrogen-bond acceptors (Lipinski definition) is 3. The van der Waals surface area contributed by atoms with Gasteiger partial charge in [0, 0.05) is 37.9 Å². The van der Waals surface area contributed by atoms with Crippen LogP contribution < -0.4 is 0 Å². The van der Waals surface area contributed by atoms with Crippen molar-refractivity contribution in [3.8, 4) is 0 Å². The van der Waals surface area contributed by atoms with Gasteiger partial charge in [0.1, 0.15) is 17.2 Å². The molecule has 0 N–H and O–H groups in total. The molecule has 1 aromatic heterocycles. The molecule has 1 amide bonds. The number of piperidine rings is 1. The third-order valence-electron chi connectivity index (χ3n) is 5.75. The third kappa shape index (κ3) is 3.30. The van der Waals surface area contributed by atoms with Gasteiger partial charge in [0.25, 0.3) is 5.91 Å². The van der Waals surface area contributed by atoms with Crippen molar-refractivity contribution >= 4 is 16.8 Å². The van der Waals surface area contributed by atoms with Crippen molar-refractivity contribution in [2.75, 3.05) is 26.3 Å². The molecule has 0 spiro atoms. The molecule has 0 aliphatic carbocycles. The highest BCUT2D eigenvalue weighted by atomic mass is 19.1. The summed E-state index contributed by atoms with van der Waals surface area (Å²) in [6, 6.07) is 3.52. The average molecular weight is 360 g/mol. The first-order chi connectivity index (χ1) is 12.6. The van der Waals surface area contributed by atoms with Gasteiger partial charge in [-0.3, -0.25) is 9.78 Å². The summed E-state index contributed by atoms with van der Waals surface area (Å²) in [4.78, 5) is 18.5. The molecule has 2 saturated heterocycles. The number of halogens is 2. The van der Waals surface area contributed by atoms with Crippen LogP contribution in [0.4, 0.5) is 8.78 Å².